The fraction of sp³-hybridized carbons (Fsp3) is 0.320. The van der Waals surface area contributed by atoms with Crippen molar-refractivity contribution in [2.45, 2.75) is 39.6 Å². The quantitative estimate of drug-likeness (QED) is 0.162. The van der Waals surface area contributed by atoms with E-state index in [0.717, 1.165) is 6.07 Å². The van der Waals surface area contributed by atoms with Gasteiger partial charge in [-0.05, 0) is 49.8 Å². The first kappa shape index (κ1) is 31.2. The zero-order chi connectivity index (χ0) is 28.5. The fourth-order valence-corrected chi connectivity index (χ4v) is 4.52. The van der Waals surface area contributed by atoms with Crippen molar-refractivity contribution >= 4 is 19.8 Å². The number of aryl methyl sites for hydroxylation is 1. The van der Waals surface area contributed by atoms with E-state index in [1.165, 1.54) is 22.6 Å². The number of imidazole rings is 1. The van der Waals surface area contributed by atoms with Gasteiger partial charge in [0.25, 0.3) is 12.2 Å². The van der Waals surface area contributed by atoms with Crippen LogP contribution in [0.3, 0.4) is 0 Å². The molecule has 0 unspecified atom stereocenters. The number of morpholine rings is 1. The van der Waals surface area contributed by atoms with E-state index in [4.69, 9.17) is 19.3 Å². The number of carbonyl (C=O) groups excluding carboxylic acids is 1. The average Bonchev–Trinajstić information content (AvgIpc) is 3.24. The Hall–Kier alpha value is -3.35. The van der Waals surface area contributed by atoms with Crippen molar-refractivity contribution in [1.29, 1.82) is 0 Å². The van der Waals surface area contributed by atoms with E-state index in [1.54, 1.807) is 62.1 Å². The zero-order valence-electron chi connectivity index (χ0n) is 22.0. The van der Waals surface area contributed by atoms with Crippen LogP contribution in [0.15, 0.2) is 48.6 Å². The number of hydrogen-bond donors (Lipinski definition) is 2. The molecule has 11 nitrogen and oxygen atoms in total. The van der Waals surface area contributed by atoms with Crippen LogP contribution in [0.5, 0.6) is 5.75 Å². The topological polar surface area (TPSA) is 127 Å². The number of benzene rings is 1. The van der Waals surface area contributed by atoms with Gasteiger partial charge in [-0.3, -0.25) is 4.79 Å². The van der Waals surface area contributed by atoms with Crippen LogP contribution < -0.4 is 21.7 Å². The Morgan fingerprint density at radius 3 is 2.67 bits per heavy atom. The molecule has 2 atom stereocenters. The number of pyridine rings is 1. The van der Waals surface area contributed by atoms with Crippen LogP contribution in [0.25, 0.3) is 11.8 Å². The Labute approximate surface area is 235 Å². The summed E-state index contributed by atoms with van der Waals surface area (Å²) in [7, 11) is -3.15. The molecule has 1 fully saturated rings. The second-order valence-electron chi connectivity index (χ2n) is 9.03. The molecule has 0 bridgehead atoms. The van der Waals surface area contributed by atoms with Gasteiger partial charge in [0, 0.05) is 12.5 Å². The number of phosphoric acid groups is 1. The molecule has 1 aromatic carbocycles. The summed E-state index contributed by atoms with van der Waals surface area (Å²) < 4.78 is 57.8. The van der Waals surface area contributed by atoms with E-state index in [2.05, 4.69) is 9.51 Å². The molecule has 1 amide bonds. The number of halogens is 3. The maximum Gasteiger partial charge on any atom is 0.472 e. The highest BCUT2D eigenvalue weighted by molar-refractivity contribution is 7.46. The molecular weight excluding hydrogens is 573 g/mol. The van der Waals surface area contributed by atoms with Crippen molar-refractivity contribution < 1.29 is 58.9 Å². The summed E-state index contributed by atoms with van der Waals surface area (Å²) in [6, 6.07) is 6.79. The Morgan fingerprint density at radius 1 is 1.30 bits per heavy atom. The molecular formula is C25H28ClF2N4O7P. The largest absolute Gasteiger partial charge is 1.00 e. The van der Waals surface area contributed by atoms with Crippen LogP contribution in [0.4, 0.5) is 8.78 Å². The van der Waals surface area contributed by atoms with Crippen LogP contribution in [0, 0.1) is 18.8 Å². The molecule has 1 aliphatic heterocycles. The van der Waals surface area contributed by atoms with Crippen LogP contribution in [-0.2, 0) is 25.4 Å². The summed E-state index contributed by atoms with van der Waals surface area (Å²) in [6.45, 7) is 5.02. The number of hydrogen-bond acceptors (Lipinski definition) is 6. The second-order valence-corrected chi connectivity index (χ2v) is 10.3. The summed E-state index contributed by atoms with van der Waals surface area (Å²) in [5.74, 6) is -1.88. The number of phosphoric ester groups is 1. The molecule has 4 rings (SSSR count). The summed E-state index contributed by atoms with van der Waals surface area (Å²) in [6.07, 6.45) is 4.50. The van der Waals surface area contributed by atoms with Gasteiger partial charge in [0.15, 0.2) is 17.2 Å². The molecule has 40 heavy (non-hydrogen) atoms. The summed E-state index contributed by atoms with van der Waals surface area (Å²) in [4.78, 5) is 35.9. The molecule has 0 radical (unpaired) electrons. The van der Waals surface area contributed by atoms with Crippen molar-refractivity contribution in [2.75, 3.05) is 13.7 Å². The smallest absolute Gasteiger partial charge is 0.472 e. The number of rotatable bonds is 8. The van der Waals surface area contributed by atoms with Gasteiger partial charge in [-0.15, -0.1) is 0 Å². The van der Waals surface area contributed by atoms with E-state index < -0.39 is 31.7 Å². The van der Waals surface area contributed by atoms with E-state index in [-0.39, 0.29) is 43.1 Å². The fourth-order valence-electron chi connectivity index (χ4n) is 4.24. The Kier molecular flexibility index (Phi) is 9.70. The van der Waals surface area contributed by atoms with Crippen molar-refractivity contribution in [3.8, 4) is 11.4 Å². The van der Waals surface area contributed by atoms with Crippen LogP contribution in [0.1, 0.15) is 36.7 Å². The van der Waals surface area contributed by atoms with E-state index in [9.17, 15) is 18.1 Å². The van der Waals surface area contributed by atoms with Crippen molar-refractivity contribution in [1.82, 2.24) is 14.5 Å². The zero-order valence-corrected chi connectivity index (χ0v) is 23.6. The van der Waals surface area contributed by atoms with Gasteiger partial charge in [0.2, 0.25) is 18.6 Å². The van der Waals surface area contributed by atoms with Gasteiger partial charge >= 0.3 is 7.82 Å². The average molecular weight is 601 g/mol. The van der Waals surface area contributed by atoms with E-state index >= 15 is 0 Å². The minimum absolute atomic E-state index is 0. The minimum Gasteiger partial charge on any atom is -1.00 e. The van der Waals surface area contributed by atoms with Gasteiger partial charge in [-0.25, -0.2) is 13.7 Å². The van der Waals surface area contributed by atoms with Gasteiger partial charge < -0.3 is 36.6 Å². The highest BCUT2D eigenvalue weighted by Crippen LogP contribution is 2.36. The first-order chi connectivity index (χ1) is 18.4. The molecule has 0 aliphatic carbocycles. The highest BCUT2D eigenvalue weighted by Gasteiger charge is 2.34. The van der Waals surface area contributed by atoms with E-state index in [1.807, 2.05) is 0 Å². The van der Waals surface area contributed by atoms with E-state index in [0.29, 0.717) is 22.7 Å². The molecule has 216 valence electrons. The first-order valence-electron chi connectivity index (χ1n) is 11.8. The minimum atomic E-state index is -4.64. The number of carbonyl (C=O) groups is 1. The molecule has 1 saturated heterocycles. The molecule has 2 aromatic heterocycles. The lowest BCUT2D eigenvalue weighted by molar-refractivity contribution is -0.596. The second kappa shape index (κ2) is 12.4. The third kappa shape index (κ3) is 7.04. The summed E-state index contributed by atoms with van der Waals surface area (Å²) >= 11 is 0. The first-order valence-corrected chi connectivity index (χ1v) is 13.4. The lowest BCUT2D eigenvalue weighted by Crippen LogP contribution is -3.00. The maximum absolute atomic E-state index is 14.3. The highest BCUT2D eigenvalue weighted by atomic mass is 35.5. The Bertz CT molecular complexity index is 1480. The van der Waals surface area contributed by atoms with Crippen molar-refractivity contribution in [3.63, 3.8) is 0 Å². The molecule has 0 spiro atoms. The molecule has 3 heterocycles. The predicted molar refractivity (Wildman–Crippen MR) is 133 cm³/mol. The van der Waals surface area contributed by atoms with Crippen LogP contribution >= 0.6 is 7.82 Å². The van der Waals surface area contributed by atoms with Gasteiger partial charge in [0.1, 0.15) is 18.0 Å². The molecule has 3 aromatic rings. The number of amides is 1. The van der Waals surface area contributed by atoms with Crippen molar-refractivity contribution in [3.05, 3.63) is 77.3 Å². The Morgan fingerprint density at radius 2 is 2.02 bits per heavy atom. The summed E-state index contributed by atoms with van der Waals surface area (Å²) in [5.41, 5.74) is 1.98. The lowest BCUT2D eigenvalue weighted by atomic mass is 10.1. The molecule has 15 heteroatoms. The third-order valence-corrected chi connectivity index (χ3v) is 6.65. The number of ether oxygens (including phenoxy) is 2. The standard InChI is InChI=1S/C25H27F2N4O7P.ClH/c1-15-11-29(13-30(15)14-37-39(33,34)35)20-7-5-18(9-21(20)36-4)10-22-25(32)31(12-16(2)38-22)17(3)19-6-8-23(26)28-24(19)27;/h5-11,13,16-17H,12,14H2,1-4H3,(H-,33,34,35);1H/b22-10-;/t16-,17-;/m0./s1. The molecule has 2 N–H and O–H groups in total. The van der Waals surface area contributed by atoms with Crippen LogP contribution in [-0.4, -0.2) is 49.9 Å². The number of aromatic nitrogens is 3. The predicted octanol–water partition coefficient (Wildman–Crippen LogP) is 0.175. The van der Waals surface area contributed by atoms with Gasteiger partial charge in [-0.2, -0.15) is 18.3 Å². The van der Waals surface area contributed by atoms with Crippen LogP contribution in [0.2, 0.25) is 0 Å². The summed E-state index contributed by atoms with van der Waals surface area (Å²) in [5, 5.41) is 0. The SMILES string of the molecule is COc1cc(/C=C2\O[C@@H](C)CN([C@@H](C)c3ccc(F)nc3F)C2=O)ccc1-[n+]1cc(C)n(COP(=O)(O)O)c1.[Cl-]. The Balaban J connectivity index is 0.00000441. The lowest BCUT2D eigenvalue weighted by Gasteiger charge is -2.37. The number of nitrogens with zero attached hydrogens (tertiary/aromatic N) is 4. The molecule has 0 saturated carbocycles. The monoisotopic (exact) mass is 600 g/mol. The maximum atomic E-state index is 14.3. The molecule has 1 aliphatic rings. The van der Waals surface area contributed by atoms with Gasteiger partial charge in [0.05, 0.1) is 19.7 Å². The third-order valence-electron chi connectivity index (χ3n) is 6.20. The number of methoxy groups -OCH3 is 1. The van der Waals surface area contributed by atoms with Gasteiger partial charge in [-0.1, -0.05) is 6.07 Å². The normalized spacial score (nSPS) is 17.4. The van der Waals surface area contributed by atoms with Crippen molar-refractivity contribution in [2.24, 2.45) is 0 Å².